The summed E-state index contributed by atoms with van der Waals surface area (Å²) < 4.78 is 0. The van der Waals surface area contributed by atoms with Gasteiger partial charge < -0.3 is 0 Å². The summed E-state index contributed by atoms with van der Waals surface area (Å²) in [6, 6.07) is 7.98. The molecule has 2 rings (SSSR count). The van der Waals surface area contributed by atoms with Crippen molar-refractivity contribution in [1.29, 1.82) is 0 Å². The van der Waals surface area contributed by atoms with Crippen molar-refractivity contribution < 1.29 is 9.59 Å². The Bertz CT molecular complexity index is 618. The van der Waals surface area contributed by atoms with Gasteiger partial charge in [-0.05, 0) is 24.0 Å². The minimum Gasteiger partial charge on any atom is -0.273 e. The second-order valence-electron chi connectivity index (χ2n) is 5.60. The fourth-order valence-corrected chi connectivity index (χ4v) is 2.11. The normalized spacial score (nSPS) is 17.7. The molecule has 22 heavy (non-hydrogen) atoms. The standard InChI is InChI=1S/C16H20N4O2/c1-10(2)13-6-4-12(5-7-13)9-17-19-15(21)8-14-11(3)18-20-16(14)22/h4-7,9-10,14H,8H2,1-3H3,(H,19,21)(H,20,22)/b17-9-/t14-/m1/s1. The van der Waals surface area contributed by atoms with Gasteiger partial charge in [0.05, 0.1) is 12.1 Å². The summed E-state index contributed by atoms with van der Waals surface area (Å²) in [4.78, 5) is 23.2. The van der Waals surface area contributed by atoms with E-state index in [1.54, 1.807) is 13.1 Å². The van der Waals surface area contributed by atoms with Gasteiger partial charge in [0.25, 0.3) is 0 Å². The van der Waals surface area contributed by atoms with Gasteiger partial charge in [-0.2, -0.15) is 10.2 Å². The van der Waals surface area contributed by atoms with Crippen molar-refractivity contribution >= 4 is 23.7 Å². The molecule has 0 saturated heterocycles. The number of hydrazone groups is 2. The number of nitrogens with one attached hydrogen (secondary N) is 2. The molecular formula is C16H20N4O2. The van der Waals surface area contributed by atoms with Gasteiger partial charge in [-0.15, -0.1) is 0 Å². The quantitative estimate of drug-likeness (QED) is 0.641. The molecule has 0 bridgehead atoms. The third-order valence-electron chi connectivity index (χ3n) is 3.56. The van der Waals surface area contributed by atoms with Crippen LogP contribution in [0.25, 0.3) is 0 Å². The minimum absolute atomic E-state index is 0.0464. The van der Waals surface area contributed by atoms with Crippen LogP contribution in [0.5, 0.6) is 0 Å². The van der Waals surface area contributed by atoms with E-state index < -0.39 is 5.92 Å². The van der Waals surface area contributed by atoms with Gasteiger partial charge in [0.15, 0.2) is 0 Å². The molecular weight excluding hydrogens is 280 g/mol. The molecule has 1 heterocycles. The molecule has 2 amide bonds. The van der Waals surface area contributed by atoms with Crippen LogP contribution in [0.2, 0.25) is 0 Å². The Morgan fingerprint density at radius 2 is 2.09 bits per heavy atom. The Labute approximate surface area is 129 Å². The van der Waals surface area contributed by atoms with E-state index in [0.29, 0.717) is 11.6 Å². The lowest BCUT2D eigenvalue weighted by molar-refractivity contribution is -0.127. The van der Waals surface area contributed by atoms with Crippen molar-refractivity contribution in [1.82, 2.24) is 10.9 Å². The maximum Gasteiger partial charge on any atom is 0.249 e. The zero-order chi connectivity index (χ0) is 16.1. The highest BCUT2D eigenvalue weighted by Gasteiger charge is 2.28. The largest absolute Gasteiger partial charge is 0.273 e. The van der Waals surface area contributed by atoms with Gasteiger partial charge in [0.2, 0.25) is 11.8 Å². The summed E-state index contributed by atoms with van der Waals surface area (Å²) in [7, 11) is 0. The predicted molar refractivity (Wildman–Crippen MR) is 85.6 cm³/mol. The molecule has 1 aromatic rings. The maximum atomic E-state index is 11.8. The summed E-state index contributed by atoms with van der Waals surface area (Å²) in [5.74, 6) is -0.582. The molecule has 0 fully saturated rings. The average Bonchev–Trinajstić information content (AvgIpc) is 2.79. The van der Waals surface area contributed by atoms with Crippen molar-refractivity contribution in [2.24, 2.45) is 16.1 Å². The van der Waals surface area contributed by atoms with Crippen LogP contribution in [0.15, 0.2) is 34.5 Å². The molecule has 0 aliphatic carbocycles. The number of amides is 2. The topological polar surface area (TPSA) is 82.9 Å². The van der Waals surface area contributed by atoms with Gasteiger partial charge >= 0.3 is 0 Å². The summed E-state index contributed by atoms with van der Waals surface area (Å²) in [6.45, 7) is 5.98. The van der Waals surface area contributed by atoms with Gasteiger partial charge in [0, 0.05) is 12.1 Å². The van der Waals surface area contributed by atoms with Crippen molar-refractivity contribution in [2.75, 3.05) is 0 Å². The van der Waals surface area contributed by atoms with Crippen molar-refractivity contribution in [3.63, 3.8) is 0 Å². The first-order valence-corrected chi connectivity index (χ1v) is 7.23. The number of nitrogens with zero attached hydrogens (tertiary/aromatic N) is 2. The van der Waals surface area contributed by atoms with E-state index in [1.165, 1.54) is 5.56 Å². The molecule has 1 aliphatic heterocycles. The number of hydrogen-bond acceptors (Lipinski definition) is 4. The van der Waals surface area contributed by atoms with E-state index in [-0.39, 0.29) is 18.2 Å². The molecule has 1 aromatic carbocycles. The van der Waals surface area contributed by atoms with Crippen LogP contribution in [-0.2, 0) is 9.59 Å². The first-order chi connectivity index (χ1) is 10.5. The molecule has 0 radical (unpaired) electrons. The van der Waals surface area contributed by atoms with Crippen LogP contribution >= 0.6 is 0 Å². The average molecular weight is 300 g/mol. The zero-order valence-electron chi connectivity index (χ0n) is 13.0. The Morgan fingerprint density at radius 3 is 2.64 bits per heavy atom. The summed E-state index contributed by atoms with van der Waals surface area (Å²) in [5.41, 5.74) is 7.56. The Balaban J connectivity index is 1.85. The molecule has 0 saturated carbocycles. The summed E-state index contributed by atoms with van der Waals surface area (Å²) >= 11 is 0. The maximum absolute atomic E-state index is 11.8. The summed E-state index contributed by atoms with van der Waals surface area (Å²) in [5, 5.41) is 7.71. The number of rotatable bonds is 5. The third-order valence-corrected chi connectivity index (χ3v) is 3.56. The monoisotopic (exact) mass is 300 g/mol. The Morgan fingerprint density at radius 1 is 1.41 bits per heavy atom. The van der Waals surface area contributed by atoms with E-state index in [9.17, 15) is 9.59 Å². The smallest absolute Gasteiger partial charge is 0.249 e. The molecule has 6 heteroatoms. The lowest BCUT2D eigenvalue weighted by Gasteiger charge is -2.06. The second-order valence-corrected chi connectivity index (χ2v) is 5.60. The Hall–Kier alpha value is -2.50. The fourth-order valence-electron chi connectivity index (χ4n) is 2.11. The number of carbonyl (C=O) groups excluding carboxylic acids is 2. The second kappa shape index (κ2) is 6.98. The van der Waals surface area contributed by atoms with E-state index in [0.717, 1.165) is 5.56 Å². The Kier molecular flexibility index (Phi) is 5.04. The van der Waals surface area contributed by atoms with Crippen LogP contribution in [0.3, 0.4) is 0 Å². The van der Waals surface area contributed by atoms with Crippen molar-refractivity contribution in [3.05, 3.63) is 35.4 Å². The first kappa shape index (κ1) is 15.9. The van der Waals surface area contributed by atoms with E-state index in [4.69, 9.17) is 0 Å². The van der Waals surface area contributed by atoms with Crippen molar-refractivity contribution in [3.8, 4) is 0 Å². The lowest BCUT2D eigenvalue weighted by atomic mass is 10.0. The van der Waals surface area contributed by atoms with Crippen molar-refractivity contribution in [2.45, 2.75) is 33.1 Å². The number of carbonyl (C=O) groups is 2. The highest BCUT2D eigenvalue weighted by atomic mass is 16.2. The van der Waals surface area contributed by atoms with E-state index >= 15 is 0 Å². The number of benzene rings is 1. The van der Waals surface area contributed by atoms with E-state index in [1.807, 2.05) is 24.3 Å². The fraction of sp³-hybridized carbons (Fsp3) is 0.375. The van der Waals surface area contributed by atoms with Gasteiger partial charge in [0.1, 0.15) is 0 Å². The molecule has 116 valence electrons. The highest BCUT2D eigenvalue weighted by molar-refractivity contribution is 6.09. The molecule has 0 spiro atoms. The molecule has 2 N–H and O–H groups in total. The van der Waals surface area contributed by atoms with Gasteiger partial charge in [-0.25, -0.2) is 10.9 Å². The van der Waals surface area contributed by atoms with E-state index in [2.05, 4.69) is 34.9 Å². The summed E-state index contributed by atoms with van der Waals surface area (Å²) in [6.07, 6.45) is 1.63. The molecule has 1 atom stereocenters. The van der Waals surface area contributed by atoms with Crippen LogP contribution in [0, 0.1) is 5.92 Å². The molecule has 1 aliphatic rings. The molecule has 0 unspecified atom stereocenters. The number of hydrogen-bond donors (Lipinski definition) is 2. The van der Waals surface area contributed by atoms with Crippen LogP contribution in [-0.4, -0.2) is 23.7 Å². The SMILES string of the molecule is CC1=NNC(=O)[C@@H]1CC(=O)N/N=C\c1ccc(C(C)C)cc1. The zero-order valence-corrected chi connectivity index (χ0v) is 13.0. The highest BCUT2D eigenvalue weighted by Crippen LogP contribution is 2.14. The van der Waals surface area contributed by atoms with Crippen LogP contribution < -0.4 is 10.9 Å². The van der Waals surface area contributed by atoms with Crippen LogP contribution in [0.4, 0.5) is 0 Å². The third kappa shape index (κ3) is 4.00. The molecule has 6 nitrogen and oxygen atoms in total. The van der Waals surface area contributed by atoms with Gasteiger partial charge in [-0.3, -0.25) is 9.59 Å². The van der Waals surface area contributed by atoms with Crippen LogP contribution in [0.1, 0.15) is 44.2 Å². The first-order valence-electron chi connectivity index (χ1n) is 7.23. The van der Waals surface area contributed by atoms with Gasteiger partial charge in [-0.1, -0.05) is 38.1 Å². The lowest BCUT2D eigenvalue weighted by Crippen LogP contribution is -2.29. The minimum atomic E-state index is -0.500. The predicted octanol–water partition coefficient (Wildman–Crippen LogP) is 1.77. The molecule has 0 aromatic heterocycles.